The molecule has 2 N–H and O–H groups in total. The number of aromatic amines is 1. The number of pyridine rings is 1. The highest BCUT2D eigenvalue weighted by molar-refractivity contribution is 6.30. The summed E-state index contributed by atoms with van der Waals surface area (Å²) in [6.45, 7) is 0.195. The fourth-order valence-electron chi connectivity index (χ4n) is 3.22. The predicted octanol–water partition coefficient (Wildman–Crippen LogP) is 2.57. The maximum absolute atomic E-state index is 12.4. The van der Waals surface area contributed by atoms with E-state index in [9.17, 15) is 14.4 Å². The molecule has 0 fully saturated rings. The molecule has 0 unspecified atom stereocenters. The number of fused-ring (bicyclic) bond motifs is 1. The number of hydrogen-bond donors (Lipinski definition) is 2. The van der Waals surface area contributed by atoms with Gasteiger partial charge in [0.25, 0.3) is 11.5 Å². The van der Waals surface area contributed by atoms with Crippen LogP contribution in [0, 0.1) is 0 Å². The van der Waals surface area contributed by atoms with E-state index in [2.05, 4.69) is 20.4 Å². The SMILES string of the molecule is O=C1CCCc2[nH]c(=O)c(C(=O)NCCc3nc(-c4cccc(Cl)c4)no3)cc21. The van der Waals surface area contributed by atoms with Crippen LogP contribution in [0.25, 0.3) is 11.4 Å². The Kier molecular flexibility index (Phi) is 5.26. The number of H-pyrrole nitrogens is 1. The number of aromatic nitrogens is 3. The second kappa shape index (κ2) is 8.00. The van der Waals surface area contributed by atoms with Crippen molar-refractivity contribution in [2.24, 2.45) is 0 Å². The number of carbonyl (C=O) groups is 2. The summed E-state index contributed by atoms with van der Waals surface area (Å²) >= 11 is 5.96. The first-order valence-corrected chi connectivity index (χ1v) is 9.55. The molecule has 0 aliphatic heterocycles. The lowest BCUT2D eigenvalue weighted by atomic mass is 9.93. The van der Waals surface area contributed by atoms with Crippen molar-refractivity contribution >= 4 is 23.3 Å². The van der Waals surface area contributed by atoms with Crippen molar-refractivity contribution in [3.63, 3.8) is 0 Å². The molecule has 1 amide bonds. The molecule has 4 rings (SSSR count). The van der Waals surface area contributed by atoms with Crippen LogP contribution < -0.4 is 10.9 Å². The van der Waals surface area contributed by atoms with Gasteiger partial charge in [0.05, 0.1) is 0 Å². The number of aryl methyl sites for hydroxylation is 1. The molecule has 9 heteroatoms. The normalized spacial score (nSPS) is 13.2. The van der Waals surface area contributed by atoms with Gasteiger partial charge in [-0.1, -0.05) is 28.9 Å². The van der Waals surface area contributed by atoms with E-state index < -0.39 is 11.5 Å². The Morgan fingerprint density at radius 2 is 2.10 bits per heavy atom. The van der Waals surface area contributed by atoms with Gasteiger partial charge in [-0.25, -0.2) is 0 Å². The quantitative estimate of drug-likeness (QED) is 0.664. The molecule has 1 aromatic carbocycles. The standard InChI is InChI=1S/C20H17ClN4O4/c21-12-4-1-3-11(9-12)18-24-17(29-25-18)7-8-22-19(27)14-10-13-15(23-20(14)28)5-2-6-16(13)26/h1,3-4,9-10H,2,5-8H2,(H,22,27)(H,23,28). The van der Waals surface area contributed by atoms with Crippen molar-refractivity contribution in [1.29, 1.82) is 0 Å². The fraction of sp³-hybridized carbons (Fsp3) is 0.250. The Bertz CT molecular complexity index is 1150. The molecule has 0 saturated carbocycles. The predicted molar refractivity (Wildman–Crippen MR) is 105 cm³/mol. The van der Waals surface area contributed by atoms with E-state index in [1.165, 1.54) is 6.07 Å². The molecule has 3 aromatic rings. The van der Waals surface area contributed by atoms with Crippen LogP contribution in [0.3, 0.4) is 0 Å². The van der Waals surface area contributed by atoms with E-state index in [4.69, 9.17) is 16.1 Å². The van der Waals surface area contributed by atoms with Gasteiger partial charge in [-0.15, -0.1) is 0 Å². The minimum absolute atomic E-state index is 0.0593. The first-order valence-electron chi connectivity index (χ1n) is 9.17. The van der Waals surface area contributed by atoms with Crippen molar-refractivity contribution in [2.45, 2.75) is 25.7 Å². The molecular formula is C20H17ClN4O4. The lowest BCUT2D eigenvalue weighted by molar-refractivity contribution is 0.0952. The Hall–Kier alpha value is -3.26. The summed E-state index contributed by atoms with van der Waals surface area (Å²) in [7, 11) is 0. The summed E-state index contributed by atoms with van der Waals surface area (Å²) < 4.78 is 5.19. The maximum Gasteiger partial charge on any atom is 0.261 e. The Labute approximate surface area is 170 Å². The summed E-state index contributed by atoms with van der Waals surface area (Å²) in [5.74, 6) is 0.131. The lowest BCUT2D eigenvalue weighted by Gasteiger charge is -2.14. The Morgan fingerprint density at radius 3 is 2.93 bits per heavy atom. The van der Waals surface area contributed by atoms with Crippen LogP contribution in [0.5, 0.6) is 0 Å². The van der Waals surface area contributed by atoms with E-state index in [1.807, 2.05) is 6.07 Å². The van der Waals surface area contributed by atoms with Gasteiger partial charge in [0.1, 0.15) is 5.56 Å². The average Bonchev–Trinajstić information content (AvgIpc) is 3.17. The van der Waals surface area contributed by atoms with Crippen LogP contribution in [-0.2, 0) is 12.8 Å². The number of halogens is 1. The highest BCUT2D eigenvalue weighted by Crippen LogP contribution is 2.20. The number of nitrogens with zero attached hydrogens (tertiary/aromatic N) is 2. The highest BCUT2D eigenvalue weighted by atomic mass is 35.5. The van der Waals surface area contributed by atoms with E-state index >= 15 is 0 Å². The number of hydrogen-bond acceptors (Lipinski definition) is 6. The molecule has 0 saturated heterocycles. The highest BCUT2D eigenvalue weighted by Gasteiger charge is 2.22. The van der Waals surface area contributed by atoms with Gasteiger partial charge in [0.15, 0.2) is 5.78 Å². The maximum atomic E-state index is 12.4. The van der Waals surface area contributed by atoms with Gasteiger partial charge >= 0.3 is 0 Å². The third-order valence-electron chi connectivity index (χ3n) is 4.67. The molecule has 0 bridgehead atoms. The number of amides is 1. The van der Waals surface area contributed by atoms with E-state index in [0.717, 1.165) is 5.56 Å². The van der Waals surface area contributed by atoms with Crippen LogP contribution in [0.4, 0.5) is 0 Å². The average molecular weight is 413 g/mol. The lowest BCUT2D eigenvalue weighted by Crippen LogP contribution is -2.32. The zero-order valence-electron chi connectivity index (χ0n) is 15.3. The Morgan fingerprint density at radius 1 is 1.24 bits per heavy atom. The van der Waals surface area contributed by atoms with Crippen molar-refractivity contribution in [3.05, 3.63) is 68.4 Å². The number of ketones is 1. The van der Waals surface area contributed by atoms with Crippen LogP contribution >= 0.6 is 11.6 Å². The first-order chi connectivity index (χ1) is 14.0. The molecule has 2 heterocycles. The third-order valence-corrected chi connectivity index (χ3v) is 4.91. The summed E-state index contributed by atoms with van der Waals surface area (Å²) in [4.78, 5) is 43.5. The number of carbonyl (C=O) groups excluding carboxylic acids is 2. The van der Waals surface area contributed by atoms with E-state index in [-0.39, 0.29) is 17.9 Å². The van der Waals surface area contributed by atoms with Gasteiger partial charge in [-0.2, -0.15) is 4.98 Å². The summed E-state index contributed by atoms with van der Waals surface area (Å²) in [6.07, 6.45) is 2.05. The monoisotopic (exact) mass is 412 g/mol. The van der Waals surface area contributed by atoms with Crippen molar-refractivity contribution in [2.75, 3.05) is 6.54 Å². The molecule has 1 aliphatic carbocycles. The van der Waals surface area contributed by atoms with Crippen molar-refractivity contribution in [3.8, 4) is 11.4 Å². The Balaban J connectivity index is 1.40. The summed E-state index contributed by atoms with van der Waals surface area (Å²) in [5.41, 5.74) is 1.16. The molecule has 0 spiro atoms. The molecule has 0 radical (unpaired) electrons. The summed E-state index contributed by atoms with van der Waals surface area (Å²) in [5, 5.41) is 7.12. The second-order valence-electron chi connectivity index (χ2n) is 6.71. The third kappa shape index (κ3) is 4.12. The molecule has 8 nitrogen and oxygen atoms in total. The first kappa shape index (κ1) is 19.1. The zero-order valence-corrected chi connectivity index (χ0v) is 16.1. The smallest absolute Gasteiger partial charge is 0.261 e. The molecule has 29 heavy (non-hydrogen) atoms. The van der Waals surface area contributed by atoms with Gasteiger partial charge in [-0.05, 0) is 31.0 Å². The van der Waals surface area contributed by atoms with Gasteiger partial charge in [0.2, 0.25) is 11.7 Å². The van der Waals surface area contributed by atoms with Crippen LogP contribution in [0.2, 0.25) is 5.02 Å². The zero-order chi connectivity index (χ0) is 20.4. The van der Waals surface area contributed by atoms with Gasteiger partial charge in [0, 0.05) is 41.2 Å². The van der Waals surface area contributed by atoms with Gasteiger partial charge < -0.3 is 14.8 Å². The van der Waals surface area contributed by atoms with E-state index in [0.29, 0.717) is 53.7 Å². The molecule has 2 aromatic heterocycles. The molecule has 1 aliphatic rings. The molecular weight excluding hydrogens is 396 g/mol. The van der Waals surface area contributed by atoms with E-state index in [1.54, 1.807) is 18.2 Å². The second-order valence-corrected chi connectivity index (χ2v) is 7.15. The van der Waals surface area contributed by atoms with Crippen LogP contribution in [0.1, 0.15) is 45.1 Å². The summed E-state index contributed by atoms with van der Waals surface area (Å²) in [6, 6.07) is 8.45. The molecule has 0 atom stereocenters. The van der Waals surface area contributed by atoms with Gasteiger partial charge in [-0.3, -0.25) is 14.4 Å². The molecule has 148 valence electrons. The largest absolute Gasteiger partial charge is 0.351 e. The number of Topliss-reactive ketones (excluding diaryl/α,β-unsaturated/α-hetero) is 1. The minimum Gasteiger partial charge on any atom is -0.351 e. The van der Waals surface area contributed by atoms with Crippen LogP contribution in [0.15, 0.2) is 39.6 Å². The van der Waals surface area contributed by atoms with Crippen molar-refractivity contribution in [1.82, 2.24) is 20.4 Å². The number of nitrogens with one attached hydrogen (secondary N) is 2. The van der Waals surface area contributed by atoms with Crippen molar-refractivity contribution < 1.29 is 14.1 Å². The topological polar surface area (TPSA) is 118 Å². The minimum atomic E-state index is -0.554. The van der Waals surface area contributed by atoms with Crippen LogP contribution in [-0.4, -0.2) is 33.4 Å². The number of benzene rings is 1. The number of rotatable bonds is 5. The fourth-order valence-corrected chi connectivity index (χ4v) is 3.41.